The van der Waals surface area contributed by atoms with Gasteiger partial charge in [0.15, 0.2) is 0 Å². The Kier molecular flexibility index (Phi) is 9.86. The van der Waals surface area contributed by atoms with Crippen LogP contribution in [0.3, 0.4) is 0 Å². The molecule has 1 rings (SSSR count). The number of amides is 1. The van der Waals surface area contributed by atoms with E-state index in [0.29, 0.717) is 19.4 Å². The van der Waals surface area contributed by atoms with Crippen molar-refractivity contribution in [2.45, 2.75) is 46.0 Å². The number of hydrogen-bond donors (Lipinski definition) is 3. The first-order valence-corrected chi connectivity index (χ1v) is 7.78. The summed E-state index contributed by atoms with van der Waals surface area (Å²) in [5.74, 6) is 0.0440. The van der Waals surface area contributed by atoms with Crippen LogP contribution in [0.2, 0.25) is 0 Å². The standard InChI is InChI=1S/C17H28N2O2.ClH/c1-3-17(4-2,11-12-20)13-19-16(21)10-9-14-7-5-6-8-15(14)18;/h5-8,20H,3-4,9-13,18H2,1-2H3,(H,19,21);1H. The monoisotopic (exact) mass is 328 g/mol. The van der Waals surface area contributed by atoms with Crippen LogP contribution in [0.4, 0.5) is 5.69 Å². The molecule has 4 N–H and O–H groups in total. The first-order chi connectivity index (χ1) is 10.1. The number of carbonyl (C=O) groups excluding carboxylic acids is 1. The maximum absolute atomic E-state index is 12.0. The second-order valence-electron chi connectivity index (χ2n) is 5.66. The van der Waals surface area contributed by atoms with Gasteiger partial charge in [0, 0.05) is 25.3 Å². The van der Waals surface area contributed by atoms with Gasteiger partial charge in [-0.3, -0.25) is 4.79 Å². The highest BCUT2D eigenvalue weighted by atomic mass is 35.5. The van der Waals surface area contributed by atoms with Crippen LogP contribution in [0.25, 0.3) is 0 Å². The summed E-state index contributed by atoms with van der Waals surface area (Å²) in [4.78, 5) is 12.0. The van der Waals surface area contributed by atoms with Gasteiger partial charge in [-0.2, -0.15) is 0 Å². The molecule has 0 aliphatic carbocycles. The summed E-state index contributed by atoms with van der Waals surface area (Å²) in [7, 11) is 0. The van der Waals surface area contributed by atoms with Crippen LogP contribution in [0.15, 0.2) is 24.3 Å². The molecule has 0 fully saturated rings. The minimum atomic E-state index is 0. The molecular weight excluding hydrogens is 300 g/mol. The molecule has 0 heterocycles. The fourth-order valence-corrected chi connectivity index (χ4v) is 2.56. The number of para-hydroxylation sites is 1. The van der Waals surface area contributed by atoms with Crippen molar-refractivity contribution in [3.05, 3.63) is 29.8 Å². The third kappa shape index (κ3) is 6.24. The van der Waals surface area contributed by atoms with Gasteiger partial charge in [0.25, 0.3) is 0 Å². The number of aliphatic hydroxyl groups excluding tert-OH is 1. The summed E-state index contributed by atoms with van der Waals surface area (Å²) >= 11 is 0. The zero-order valence-electron chi connectivity index (χ0n) is 13.6. The average molecular weight is 329 g/mol. The smallest absolute Gasteiger partial charge is 0.220 e. The molecule has 4 nitrogen and oxygen atoms in total. The fraction of sp³-hybridized carbons (Fsp3) is 0.588. The lowest BCUT2D eigenvalue weighted by Gasteiger charge is -2.31. The maximum atomic E-state index is 12.0. The first-order valence-electron chi connectivity index (χ1n) is 7.78. The molecule has 0 unspecified atom stereocenters. The summed E-state index contributed by atoms with van der Waals surface area (Å²) in [6, 6.07) is 7.64. The largest absolute Gasteiger partial charge is 0.399 e. The van der Waals surface area contributed by atoms with Gasteiger partial charge in [-0.05, 0) is 42.7 Å². The van der Waals surface area contributed by atoms with E-state index in [1.165, 1.54) is 0 Å². The van der Waals surface area contributed by atoms with Crippen LogP contribution >= 0.6 is 12.4 Å². The Labute approximate surface area is 139 Å². The van der Waals surface area contributed by atoms with E-state index in [0.717, 1.165) is 30.5 Å². The molecule has 0 spiro atoms. The minimum Gasteiger partial charge on any atom is -0.399 e. The Morgan fingerprint density at radius 3 is 2.45 bits per heavy atom. The molecule has 0 aliphatic heterocycles. The molecule has 0 bridgehead atoms. The van der Waals surface area contributed by atoms with Gasteiger partial charge < -0.3 is 16.2 Å². The van der Waals surface area contributed by atoms with Gasteiger partial charge in [0.2, 0.25) is 5.91 Å². The number of rotatable bonds is 9. The fourth-order valence-electron chi connectivity index (χ4n) is 2.56. The van der Waals surface area contributed by atoms with Crippen LogP contribution in [-0.2, 0) is 11.2 Å². The summed E-state index contributed by atoms with van der Waals surface area (Å²) in [6.07, 6.45) is 3.73. The predicted octanol–water partition coefficient (Wildman–Crippen LogP) is 2.93. The number of aryl methyl sites for hydroxylation is 1. The lowest BCUT2D eigenvalue weighted by molar-refractivity contribution is -0.121. The molecule has 5 heteroatoms. The van der Waals surface area contributed by atoms with Crippen molar-refractivity contribution in [1.29, 1.82) is 0 Å². The number of hydrogen-bond acceptors (Lipinski definition) is 3. The van der Waals surface area contributed by atoms with Crippen LogP contribution in [0.5, 0.6) is 0 Å². The van der Waals surface area contributed by atoms with Crippen molar-refractivity contribution < 1.29 is 9.90 Å². The third-order valence-corrected chi connectivity index (χ3v) is 4.48. The highest BCUT2D eigenvalue weighted by Crippen LogP contribution is 2.29. The number of benzene rings is 1. The van der Waals surface area contributed by atoms with Gasteiger partial charge in [-0.15, -0.1) is 12.4 Å². The van der Waals surface area contributed by atoms with E-state index in [-0.39, 0.29) is 30.3 Å². The second-order valence-corrected chi connectivity index (χ2v) is 5.66. The highest BCUT2D eigenvalue weighted by molar-refractivity contribution is 5.85. The lowest BCUT2D eigenvalue weighted by Crippen LogP contribution is -2.37. The van der Waals surface area contributed by atoms with Crippen LogP contribution < -0.4 is 11.1 Å². The van der Waals surface area contributed by atoms with Crippen molar-refractivity contribution in [2.75, 3.05) is 18.9 Å². The third-order valence-electron chi connectivity index (χ3n) is 4.48. The van der Waals surface area contributed by atoms with E-state index in [4.69, 9.17) is 5.73 Å². The first kappa shape index (κ1) is 20.7. The normalized spacial score (nSPS) is 10.9. The maximum Gasteiger partial charge on any atom is 0.220 e. The molecule has 126 valence electrons. The van der Waals surface area contributed by atoms with E-state index in [9.17, 15) is 9.90 Å². The Hall–Kier alpha value is -1.26. The van der Waals surface area contributed by atoms with E-state index < -0.39 is 0 Å². The molecule has 1 amide bonds. The topological polar surface area (TPSA) is 75.3 Å². The number of nitrogen functional groups attached to an aromatic ring is 1. The Bertz CT molecular complexity index is 448. The van der Waals surface area contributed by atoms with Crippen molar-refractivity contribution in [3.8, 4) is 0 Å². The molecule has 1 aromatic rings. The predicted molar refractivity (Wildman–Crippen MR) is 94.2 cm³/mol. The molecule has 0 atom stereocenters. The molecular formula is C17H29ClN2O2. The number of halogens is 1. The average Bonchev–Trinajstić information content (AvgIpc) is 2.51. The van der Waals surface area contributed by atoms with E-state index in [1.54, 1.807) is 0 Å². The molecule has 1 aromatic carbocycles. The van der Waals surface area contributed by atoms with Gasteiger partial charge in [-0.1, -0.05) is 32.0 Å². The minimum absolute atomic E-state index is 0. The van der Waals surface area contributed by atoms with Gasteiger partial charge >= 0.3 is 0 Å². The summed E-state index contributed by atoms with van der Waals surface area (Å²) in [6.45, 7) is 5.01. The van der Waals surface area contributed by atoms with Crippen LogP contribution in [0, 0.1) is 5.41 Å². The Balaban J connectivity index is 0.00000441. The van der Waals surface area contributed by atoms with E-state index in [2.05, 4.69) is 19.2 Å². The lowest BCUT2D eigenvalue weighted by atomic mass is 9.79. The zero-order valence-corrected chi connectivity index (χ0v) is 14.4. The van der Waals surface area contributed by atoms with Crippen LogP contribution in [0.1, 0.15) is 45.1 Å². The number of aliphatic hydroxyl groups is 1. The molecule has 0 saturated carbocycles. The van der Waals surface area contributed by atoms with Gasteiger partial charge in [0.1, 0.15) is 0 Å². The number of carbonyl (C=O) groups is 1. The molecule has 0 aliphatic rings. The summed E-state index contributed by atoms with van der Waals surface area (Å²) < 4.78 is 0. The van der Waals surface area contributed by atoms with E-state index >= 15 is 0 Å². The molecule has 0 saturated heterocycles. The SMILES string of the molecule is CCC(CC)(CCO)CNC(=O)CCc1ccccc1N.Cl. The quantitative estimate of drug-likeness (QED) is 0.610. The number of nitrogens with two attached hydrogens (primary N) is 1. The van der Waals surface area contributed by atoms with Crippen molar-refractivity contribution in [3.63, 3.8) is 0 Å². The van der Waals surface area contributed by atoms with Gasteiger partial charge in [-0.25, -0.2) is 0 Å². The highest BCUT2D eigenvalue weighted by Gasteiger charge is 2.25. The Morgan fingerprint density at radius 2 is 1.91 bits per heavy atom. The Morgan fingerprint density at radius 1 is 1.27 bits per heavy atom. The van der Waals surface area contributed by atoms with Crippen molar-refractivity contribution in [1.82, 2.24) is 5.32 Å². The number of anilines is 1. The molecule has 22 heavy (non-hydrogen) atoms. The van der Waals surface area contributed by atoms with Crippen molar-refractivity contribution >= 4 is 24.0 Å². The second kappa shape index (κ2) is 10.5. The van der Waals surface area contributed by atoms with Gasteiger partial charge in [0.05, 0.1) is 0 Å². The van der Waals surface area contributed by atoms with E-state index in [1.807, 2.05) is 24.3 Å². The molecule has 0 aromatic heterocycles. The zero-order chi connectivity index (χ0) is 15.7. The summed E-state index contributed by atoms with van der Waals surface area (Å²) in [5, 5.41) is 12.2. The summed E-state index contributed by atoms with van der Waals surface area (Å²) in [5.41, 5.74) is 7.64. The van der Waals surface area contributed by atoms with Crippen molar-refractivity contribution in [2.24, 2.45) is 5.41 Å². The molecule has 0 radical (unpaired) electrons. The van der Waals surface area contributed by atoms with Crippen LogP contribution in [-0.4, -0.2) is 24.2 Å². The number of nitrogens with one attached hydrogen (secondary N) is 1.